The Morgan fingerprint density at radius 3 is 2.37 bits per heavy atom. The fraction of sp³-hybridized carbons (Fsp3) is 0.520. The molecule has 35 heavy (non-hydrogen) atoms. The van der Waals surface area contributed by atoms with E-state index in [4.69, 9.17) is 27.9 Å². The standard InChI is InChI=1S/C25H31Cl2N5O3/c1-14(2)30-22(33)15-5-8-21(28-12-15)32-18-6-7-19(32)11-17(10-18)31-24(34)25(3,4)35-23-20(27)9-16(26)13-29-23/h5,8-9,12-14,17-19H,6-7,10-11H2,1-4H3,(H,30,33)(H,31,34). The first-order valence-corrected chi connectivity index (χ1v) is 12.7. The second-order valence-corrected chi connectivity index (χ2v) is 10.9. The van der Waals surface area contributed by atoms with Gasteiger partial charge >= 0.3 is 0 Å². The molecule has 2 unspecified atom stereocenters. The second kappa shape index (κ2) is 10.2. The van der Waals surface area contributed by atoms with E-state index in [1.165, 1.54) is 12.3 Å². The zero-order chi connectivity index (χ0) is 25.3. The van der Waals surface area contributed by atoms with Crippen molar-refractivity contribution in [2.45, 2.75) is 83.1 Å². The first kappa shape index (κ1) is 25.5. The van der Waals surface area contributed by atoms with Crippen molar-refractivity contribution in [1.82, 2.24) is 20.6 Å². The van der Waals surface area contributed by atoms with Gasteiger partial charge in [0.25, 0.3) is 11.8 Å². The van der Waals surface area contributed by atoms with Gasteiger partial charge in [-0.05, 0) is 71.6 Å². The average molecular weight is 520 g/mol. The Morgan fingerprint density at radius 1 is 1.11 bits per heavy atom. The van der Waals surface area contributed by atoms with Crippen molar-refractivity contribution in [3.05, 3.63) is 46.2 Å². The summed E-state index contributed by atoms with van der Waals surface area (Å²) in [4.78, 5) is 36.3. The van der Waals surface area contributed by atoms with Crippen LogP contribution in [0.15, 0.2) is 30.6 Å². The Labute approximate surface area is 215 Å². The molecular formula is C25H31Cl2N5O3. The number of nitrogens with zero attached hydrogens (tertiary/aromatic N) is 3. The highest BCUT2D eigenvalue weighted by Crippen LogP contribution is 2.39. The molecule has 2 bridgehead atoms. The summed E-state index contributed by atoms with van der Waals surface area (Å²) in [7, 11) is 0. The number of anilines is 1. The number of halogens is 2. The number of rotatable bonds is 7. The summed E-state index contributed by atoms with van der Waals surface area (Å²) in [5.74, 6) is 0.698. The summed E-state index contributed by atoms with van der Waals surface area (Å²) in [5, 5.41) is 6.70. The molecule has 2 fully saturated rings. The number of ether oxygens (including phenoxy) is 1. The van der Waals surface area contributed by atoms with Crippen molar-refractivity contribution in [1.29, 1.82) is 0 Å². The number of hydrogen-bond acceptors (Lipinski definition) is 6. The Morgan fingerprint density at radius 2 is 1.80 bits per heavy atom. The second-order valence-electron chi connectivity index (χ2n) is 10.0. The lowest BCUT2D eigenvalue weighted by molar-refractivity contribution is -0.135. The maximum atomic E-state index is 13.1. The normalized spacial score (nSPS) is 21.7. The van der Waals surface area contributed by atoms with Gasteiger partial charge in [0.15, 0.2) is 5.60 Å². The SMILES string of the molecule is CC(C)NC(=O)c1ccc(N2C3CCC2CC(NC(=O)C(C)(C)Oc2ncc(Cl)cc2Cl)C3)nc1. The van der Waals surface area contributed by atoms with Crippen LogP contribution in [0, 0.1) is 0 Å². The van der Waals surface area contributed by atoms with Crippen molar-refractivity contribution >= 4 is 40.8 Å². The van der Waals surface area contributed by atoms with Crippen LogP contribution in [0.3, 0.4) is 0 Å². The van der Waals surface area contributed by atoms with E-state index in [-0.39, 0.29) is 46.9 Å². The summed E-state index contributed by atoms with van der Waals surface area (Å²) in [6.07, 6.45) is 6.78. The third-order valence-corrected chi connectivity index (χ3v) is 6.91. The summed E-state index contributed by atoms with van der Waals surface area (Å²) >= 11 is 12.1. The van der Waals surface area contributed by atoms with Gasteiger partial charge in [0.2, 0.25) is 5.88 Å². The monoisotopic (exact) mass is 519 g/mol. The van der Waals surface area contributed by atoms with Gasteiger partial charge in [-0.3, -0.25) is 9.59 Å². The smallest absolute Gasteiger partial charge is 0.263 e. The molecule has 0 spiro atoms. The summed E-state index contributed by atoms with van der Waals surface area (Å²) in [5.41, 5.74) is -0.608. The van der Waals surface area contributed by atoms with Crippen LogP contribution in [-0.2, 0) is 4.79 Å². The number of pyridine rings is 2. The van der Waals surface area contributed by atoms with Crippen molar-refractivity contribution in [2.75, 3.05) is 4.90 Å². The first-order chi connectivity index (χ1) is 16.5. The molecule has 2 aromatic heterocycles. The molecule has 2 aliphatic rings. The predicted octanol–water partition coefficient (Wildman–Crippen LogP) is 4.40. The van der Waals surface area contributed by atoms with Crippen LogP contribution in [0.25, 0.3) is 0 Å². The van der Waals surface area contributed by atoms with Gasteiger partial charge in [-0.15, -0.1) is 0 Å². The molecule has 188 valence electrons. The van der Waals surface area contributed by atoms with E-state index >= 15 is 0 Å². The molecule has 0 radical (unpaired) electrons. The van der Waals surface area contributed by atoms with Gasteiger partial charge in [-0.25, -0.2) is 9.97 Å². The maximum Gasteiger partial charge on any atom is 0.263 e. The Bertz CT molecular complexity index is 1080. The van der Waals surface area contributed by atoms with E-state index in [9.17, 15) is 9.59 Å². The molecule has 0 aromatic carbocycles. The molecule has 2 aromatic rings. The molecule has 4 rings (SSSR count). The molecule has 4 heterocycles. The Hall–Kier alpha value is -2.58. The van der Waals surface area contributed by atoms with Crippen LogP contribution in [0.4, 0.5) is 5.82 Å². The quantitative estimate of drug-likeness (QED) is 0.562. The molecule has 2 saturated heterocycles. The van der Waals surface area contributed by atoms with Gasteiger partial charge in [-0.1, -0.05) is 23.2 Å². The first-order valence-electron chi connectivity index (χ1n) is 11.9. The van der Waals surface area contributed by atoms with Crippen LogP contribution in [0.5, 0.6) is 5.88 Å². The summed E-state index contributed by atoms with van der Waals surface area (Å²) in [6, 6.07) is 5.93. The molecule has 2 amide bonds. The number of carbonyl (C=O) groups is 2. The van der Waals surface area contributed by atoms with E-state index < -0.39 is 5.60 Å². The van der Waals surface area contributed by atoms with Crippen LogP contribution in [0.1, 0.15) is 63.7 Å². The molecule has 2 N–H and O–H groups in total. The summed E-state index contributed by atoms with van der Waals surface area (Å²) < 4.78 is 5.84. The third kappa shape index (κ3) is 5.81. The molecule has 2 atom stereocenters. The molecule has 0 saturated carbocycles. The predicted molar refractivity (Wildman–Crippen MR) is 136 cm³/mol. The van der Waals surface area contributed by atoms with E-state index in [0.717, 1.165) is 31.5 Å². The van der Waals surface area contributed by atoms with Gasteiger partial charge in [0, 0.05) is 36.6 Å². The third-order valence-electron chi connectivity index (χ3n) is 6.44. The lowest BCUT2D eigenvalue weighted by Gasteiger charge is -2.40. The zero-order valence-corrected chi connectivity index (χ0v) is 21.9. The van der Waals surface area contributed by atoms with E-state index in [1.807, 2.05) is 26.0 Å². The molecule has 2 aliphatic heterocycles. The van der Waals surface area contributed by atoms with Crippen molar-refractivity contribution in [2.24, 2.45) is 0 Å². The molecule has 8 nitrogen and oxygen atoms in total. The van der Waals surface area contributed by atoms with E-state index in [0.29, 0.717) is 10.6 Å². The number of fused-ring (bicyclic) bond motifs is 2. The Balaban J connectivity index is 1.38. The minimum Gasteiger partial charge on any atom is -0.460 e. The Kier molecular flexibility index (Phi) is 7.43. The van der Waals surface area contributed by atoms with Crippen molar-refractivity contribution in [3.8, 4) is 5.88 Å². The van der Waals surface area contributed by atoms with Crippen LogP contribution in [0.2, 0.25) is 10.0 Å². The van der Waals surface area contributed by atoms with Crippen molar-refractivity contribution in [3.63, 3.8) is 0 Å². The highest BCUT2D eigenvalue weighted by molar-refractivity contribution is 6.35. The maximum absolute atomic E-state index is 13.1. The molecule has 10 heteroatoms. The number of nitrogens with one attached hydrogen (secondary N) is 2. The van der Waals surface area contributed by atoms with Gasteiger partial charge < -0.3 is 20.3 Å². The largest absolute Gasteiger partial charge is 0.460 e. The topological polar surface area (TPSA) is 96.5 Å². The highest BCUT2D eigenvalue weighted by atomic mass is 35.5. The number of piperidine rings is 1. The number of amides is 2. The summed E-state index contributed by atoms with van der Waals surface area (Å²) in [6.45, 7) is 7.24. The number of hydrogen-bond donors (Lipinski definition) is 2. The lowest BCUT2D eigenvalue weighted by atomic mass is 9.96. The fourth-order valence-electron chi connectivity index (χ4n) is 4.81. The van der Waals surface area contributed by atoms with Gasteiger partial charge in [-0.2, -0.15) is 0 Å². The van der Waals surface area contributed by atoms with E-state index in [2.05, 4.69) is 25.5 Å². The van der Waals surface area contributed by atoms with Crippen LogP contribution < -0.4 is 20.3 Å². The molecule has 0 aliphatic carbocycles. The van der Waals surface area contributed by atoms with Crippen LogP contribution >= 0.6 is 23.2 Å². The minimum absolute atomic E-state index is 0.0314. The number of carbonyl (C=O) groups excluding carboxylic acids is 2. The molecular weight excluding hydrogens is 489 g/mol. The van der Waals surface area contributed by atoms with Gasteiger partial charge in [0.05, 0.1) is 10.6 Å². The fourth-order valence-corrected chi connectivity index (χ4v) is 5.23. The minimum atomic E-state index is -1.16. The highest BCUT2D eigenvalue weighted by Gasteiger charge is 2.43. The lowest BCUT2D eigenvalue weighted by Crippen LogP contribution is -2.55. The van der Waals surface area contributed by atoms with Gasteiger partial charge in [0.1, 0.15) is 10.8 Å². The average Bonchev–Trinajstić information content (AvgIpc) is 3.05. The van der Waals surface area contributed by atoms with E-state index in [1.54, 1.807) is 20.0 Å². The number of aromatic nitrogens is 2. The van der Waals surface area contributed by atoms with Crippen molar-refractivity contribution < 1.29 is 14.3 Å². The van der Waals surface area contributed by atoms with Crippen LogP contribution in [-0.4, -0.2) is 51.6 Å². The zero-order valence-electron chi connectivity index (χ0n) is 20.3.